The molecule has 0 aliphatic rings. The predicted octanol–water partition coefficient (Wildman–Crippen LogP) is 13.0. The molecular weight excluding hydrogens is 2740 g/mol. The van der Waals surface area contributed by atoms with Gasteiger partial charge in [0.2, 0.25) is 0 Å². The van der Waals surface area contributed by atoms with E-state index in [1.807, 2.05) is 221 Å². The summed E-state index contributed by atoms with van der Waals surface area (Å²) >= 11 is 0. The van der Waals surface area contributed by atoms with Crippen LogP contribution in [0.1, 0.15) is 96.8 Å². The van der Waals surface area contributed by atoms with E-state index in [4.69, 9.17) is 0 Å². The average Bonchev–Trinajstić information content (AvgIpc) is 3.36. The number of pyridine rings is 8. The first-order valence-electron chi connectivity index (χ1n) is 24.5. The fraction of sp³-hybridized carbons (Fsp3) is 0.258. The molecule has 28 heteroatoms. The summed E-state index contributed by atoms with van der Waals surface area (Å²) in [7, 11) is 0. The van der Waals surface area contributed by atoms with E-state index in [-0.39, 0.29) is 520 Å². The summed E-state index contributed by atoms with van der Waals surface area (Å²) in [6, 6.07) is 59.2. The Labute approximate surface area is 961 Å². The van der Waals surface area contributed by atoms with Crippen molar-refractivity contribution in [3.05, 3.63) is 292 Å². The zero-order valence-corrected chi connectivity index (χ0v) is 101. The monoisotopic (exact) mass is 2810 g/mol. The Hall–Kier alpha value is 8.49. The first-order valence-corrected chi connectivity index (χ1v) is 24.5. The van der Waals surface area contributed by atoms with Gasteiger partial charge in [0.05, 0.1) is 24.3 Å². The third-order valence-corrected chi connectivity index (χ3v) is 8.68. The van der Waals surface area contributed by atoms with Crippen molar-refractivity contribution in [3.63, 3.8) is 0 Å². The largest absolute Gasteiger partial charge is 2.00 e. The molecule has 10 aromatic rings. The van der Waals surface area contributed by atoms with Gasteiger partial charge in [-0.15, -0.1) is 0 Å². The fourth-order valence-corrected chi connectivity index (χ4v) is 5.41. The summed E-state index contributed by atoms with van der Waals surface area (Å²) < 4.78 is 0. The van der Waals surface area contributed by atoms with E-state index in [1.165, 1.54) is 0 Å². The Morgan fingerprint density at radius 1 is 0.287 bits per heavy atom. The SMILES string of the molecule is Cc1[c-]ccc(C)n1.Cc1[c-]ccc(C)n1.Cc1[c-]ccc(C)n1.Cc1c[c-]cc(C)n1.Cc1c[c-]cc(C)n1.Cc1c[c-]cc(C)n1.Cc1c[c-]cc(C)n1.Cc1ccc#cn1.Cc1ccc[c-]n1.Cc1cnc#cn1.[Ar].[Ar].[W+2].[W+2].[W+2].[W+2].[Y].[Y].[Y].[Y].[Y].[Y].[Y].[Y].[Y].[Y].[Y]. The Kier molecular flexibility index (Phi) is 150. The molecule has 463 valence electrons. The number of aromatic nitrogens is 11. The number of hydrogen-bond acceptors (Lipinski definition) is 11. The molecule has 10 aromatic heterocycles. The first-order chi connectivity index (χ1) is 36.7. The molecule has 0 saturated carbocycles. The second kappa shape index (κ2) is 97.6. The summed E-state index contributed by atoms with van der Waals surface area (Å²) in [6.45, 7) is 33.1. The predicted molar refractivity (Wildman–Crippen MR) is 307 cm³/mol. The summed E-state index contributed by atoms with van der Waals surface area (Å²) in [6.07, 6.45) is 11.9. The van der Waals surface area contributed by atoms with Gasteiger partial charge in [0.1, 0.15) is 0 Å². The first kappa shape index (κ1) is 144. The van der Waals surface area contributed by atoms with Crippen LogP contribution in [0.5, 0.6) is 0 Å². The molecule has 0 spiro atoms. The van der Waals surface area contributed by atoms with Gasteiger partial charge >= 0.3 is 84.3 Å². The third kappa shape index (κ3) is 94.7. The Bertz CT molecular complexity index is 2510. The van der Waals surface area contributed by atoms with E-state index in [9.17, 15) is 0 Å². The standard InChI is InChI=1S/7C7H8N.C6H6N.C6H5N.C5H4N2.2Ar.4W.11Y/c7*1-6-4-3-5-7(2)8-6;2*1-6-4-2-3-5-7-6;1-5-4-6-2-3-7-5;;;;;;;;;;;;;;;;;/h4*4-5H,1-2H3;3*3-4H,1-2H3;2-4H,1H3;2,4H,1H3;4H,1H3;;;;;;;;;;;;;;;;;/q8*-1;;;;;4*+2;;;;;;;;;;;. The maximum atomic E-state index is 4.14. The second-order valence-corrected chi connectivity index (χ2v) is 16.8. The van der Waals surface area contributed by atoms with Crippen LogP contribution in [0.4, 0.5) is 0 Å². The molecule has 0 aromatic carbocycles. The molecular formula is C66H71Ar2N11W4Y11. The van der Waals surface area contributed by atoms with Crippen LogP contribution < -0.4 is 0 Å². The molecule has 10 heterocycles. The minimum atomic E-state index is 0. The number of rotatable bonds is 0. The van der Waals surface area contributed by atoms with E-state index in [2.05, 4.69) is 128 Å². The van der Waals surface area contributed by atoms with Crippen molar-refractivity contribution in [2.45, 2.75) is 118 Å². The normalized spacial score (nSPS) is 7.29. The number of hydrogen-bond donors (Lipinski definition) is 0. The minimum absolute atomic E-state index is 0. The summed E-state index contributed by atoms with van der Waals surface area (Å²) in [4.78, 5) is 44.0. The molecule has 0 unspecified atom stereocenters. The molecule has 0 saturated heterocycles. The van der Waals surface area contributed by atoms with Crippen LogP contribution in [-0.4, -0.2) is 54.8 Å². The van der Waals surface area contributed by atoms with Crippen molar-refractivity contribution < 1.29 is 520 Å². The van der Waals surface area contributed by atoms with Crippen LogP contribution in [0.2, 0.25) is 0 Å². The van der Waals surface area contributed by atoms with E-state index < -0.39 is 0 Å². The molecule has 0 amide bonds. The van der Waals surface area contributed by atoms with Gasteiger partial charge in [-0.3, -0.25) is 15.0 Å². The van der Waals surface area contributed by atoms with Gasteiger partial charge in [0.25, 0.3) is 0 Å². The smallest absolute Gasteiger partial charge is 0.391 e. The molecule has 11 nitrogen and oxygen atoms in total. The second-order valence-electron chi connectivity index (χ2n) is 16.8. The fourth-order valence-electron chi connectivity index (χ4n) is 5.41. The van der Waals surface area contributed by atoms with Crippen LogP contribution in [0.25, 0.3) is 0 Å². The Morgan fingerprint density at radius 3 is 0.691 bits per heavy atom. The zero-order chi connectivity index (χ0) is 57.2. The minimum Gasteiger partial charge on any atom is -0.391 e. The summed E-state index contributed by atoms with van der Waals surface area (Å²) in [5, 5.41) is 0. The van der Waals surface area contributed by atoms with Gasteiger partial charge in [-0.25, -0.2) is 46.4 Å². The van der Waals surface area contributed by atoms with Gasteiger partial charge in [-0.1, -0.05) is 137 Å². The van der Waals surface area contributed by atoms with Crippen molar-refractivity contribution in [3.8, 4) is 0 Å². The van der Waals surface area contributed by atoms with Gasteiger partial charge in [0.15, 0.2) is 0 Å². The Balaban J connectivity index is -0.0000000458. The van der Waals surface area contributed by atoms with Crippen LogP contribution in [0, 0.1) is 266 Å². The van der Waals surface area contributed by atoms with Crippen molar-refractivity contribution in [1.29, 1.82) is 0 Å². The average molecular weight is 2810 g/mol. The van der Waals surface area contributed by atoms with Crippen LogP contribution in [0.3, 0.4) is 0 Å². The number of aryl methyl sites for hydroxylation is 17. The maximum absolute atomic E-state index is 4.14. The molecule has 94 heavy (non-hydrogen) atoms. The topological polar surface area (TPSA) is 142 Å². The van der Waals surface area contributed by atoms with Crippen molar-refractivity contribution in [2.75, 3.05) is 0 Å². The Morgan fingerprint density at radius 2 is 0.574 bits per heavy atom. The molecule has 0 fully saturated rings. The maximum Gasteiger partial charge on any atom is 2.00 e. The molecule has 0 bridgehead atoms. The molecule has 0 aliphatic carbocycles. The summed E-state index contributed by atoms with van der Waals surface area (Å²) in [5.41, 5.74) is 17.2. The van der Waals surface area contributed by atoms with Gasteiger partial charge in [-0.2, -0.15) is 114 Å². The van der Waals surface area contributed by atoms with Crippen LogP contribution in [0.15, 0.2) is 121 Å². The van der Waals surface area contributed by atoms with E-state index in [0.717, 1.165) is 96.8 Å². The quantitative estimate of drug-likeness (QED) is 0.134. The van der Waals surface area contributed by atoms with Gasteiger partial charge < -0.3 is 24.9 Å². The van der Waals surface area contributed by atoms with Crippen molar-refractivity contribution >= 4 is 0 Å². The molecule has 0 aliphatic heterocycles. The van der Waals surface area contributed by atoms with Gasteiger partial charge in [-0.05, 0) is 90.7 Å². The van der Waals surface area contributed by atoms with E-state index in [1.54, 1.807) is 18.3 Å². The van der Waals surface area contributed by atoms with Crippen LogP contribution >= 0.6 is 0 Å². The van der Waals surface area contributed by atoms with Crippen LogP contribution in [-0.2, 0) is 444 Å². The molecule has 10 rings (SSSR count). The van der Waals surface area contributed by atoms with Crippen molar-refractivity contribution in [1.82, 2.24) is 54.8 Å². The van der Waals surface area contributed by atoms with E-state index in [0.29, 0.717) is 0 Å². The third-order valence-electron chi connectivity index (χ3n) is 8.68. The molecule has 0 N–H and O–H groups in total. The summed E-state index contributed by atoms with van der Waals surface area (Å²) in [5.74, 6) is 0. The van der Waals surface area contributed by atoms with Gasteiger partial charge in [0, 0.05) is 447 Å². The number of nitrogens with zero attached hydrogens (tertiary/aromatic N) is 11. The zero-order valence-electron chi connectivity index (χ0n) is 56.7. The molecule has 0 atom stereocenters. The molecule has 11 radical (unpaired) electrons. The van der Waals surface area contributed by atoms with E-state index >= 15 is 0 Å². The van der Waals surface area contributed by atoms with Crippen molar-refractivity contribution in [2.24, 2.45) is 0 Å².